The first-order valence-electron chi connectivity index (χ1n) is 10.3. The number of nitrogens with zero attached hydrogens (tertiary/aromatic N) is 4. The summed E-state index contributed by atoms with van der Waals surface area (Å²) < 4.78 is 15.3. The molecule has 150 valence electrons. The predicted molar refractivity (Wildman–Crippen MR) is 109 cm³/mol. The van der Waals surface area contributed by atoms with E-state index in [1.165, 1.54) is 12.1 Å². The normalized spacial score (nSPS) is 21.0. The molecule has 1 amide bonds. The van der Waals surface area contributed by atoms with Gasteiger partial charge in [0.1, 0.15) is 5.82 Å². The molecule has 1 aromatic heterocycles. The standard InChI is InChI=1S/C22H29FN4O/c1-3-10-27-12-9-20(21-19(22(27)28)8-11-24(21)2)26-15-13-25(14-16-26)18-6-4-17(23)5-7-18/h4-8,11,20H,3,9-10,12-16H2,1-2H3. The maximum Gasteiger partial charge on any atom is 0.255 e. The summed E-state index contributed by atoms with van der Waals surface area (Å²) in [6, 6.07) is 9.00. The van der Waals surface area contributed by atoms with E-state index in [9.17, 15) is 9.18 Å². The third kappa shape index (κ3) is 3.53. The van der Waals surface area contributed by atoms with Gasteiger partial charge in [0.2, 0.25) is 0 Å². The van der Waals surface area contributed by atoms with Crippen molar-refractivity contribution in [2.75, 3.05) is 44.2 Å². The maximum absolute atomic E-state index is 13.2. The highest BCUT2D eigenvalue weighted by Crippen LogP contribution is 2.33. The molecule has 5 nitrogen and oxygen atoms in total. The molecule has 4 rings (SSSR count). The SMILES string of the molecule is CCCN1CCC(N2CCN(c3ccc(F)cc3)CC2)c2c(ccn2C)C1=O. The van der Waals surface area contributed by atoms with Crippen molar-refractivity contribution in [1.29, 1.82) is 0 Å². The van der Waals surface area contributed by atoms with Crippen LogP contribution >= 0.6 is 0 Å². The number of piperazine rings is 1. The van der Waals surface area contributed by atoms with Crippen LogP contribution in [0.15, 0.2) is 36.5 Å². The van der Waals surface area contributed by atoms with Crippen LogP contribution < -0.4 is 4.90 Å². The van der Waals surface area contributed by atoms with Crippen LogP contribution in [0.2, 0.25) is 0 Å². The van der Waals surface area contributed by atoms with E-state index in [-0.39, 0.29) is 17.8 Å². The molecule has 6 heteroatoms. The second-order valence-corrected chi connectivity index (χ2v) is 7.82. The van der Waals surface area contributed by atoms with Gasteiger partial charge in [0.25, 0.3) is 5.91 Å². The minimum Gasteiger partial charge on any atom is -0.369 e. The van der Waals surface area contributed by atoms with E-state index in [0.29, 0.717) is 0 Å². The number of hydrogen-bond donors (Lipinski definition) is 0. The molecular formula is C22H29FN4O. The van der Waals surface area contributed by atoms with Crippen molar-refractivity contribution in [3.63, 3.8) is 0 Å². The van der Waals surface area contributed by atoms with Crippen LogP contribution in [0.4, 0.5) is 10.1 Å². The fourth-order valence-corrected chi connectivity index (χ4v) is 4.61. The average molecular weight is 384 g/mol. The van der Waals surface area contributed by atoms with Crippen LogP contribution in [0.5, 0.6) is 0 Å². The minimum absolute atomic E-state index is 0.171. The fourth-order valence-electron chi connectivity index (χ4n) is 4.61. The summed E-state index contributed by atoms with van der Waals surface area (Å²) in [4.78, 5) is 19.8. The Bertz CT molecular complexity index is 824. The summed E-state index contributed by atoms with van der Waals surface area (Å²) in [7, 11) is 2.04. The van der Waals surface area contributed by atoms with Crippen molar-refractivity contribution in [2.24, 2.45) is 7.05 Å². The van der Waals surface area contributed by atoms with E-state index in [4.69, 9.17) is 0 Å². The summed E-state index contributed by atoms with van der Waals surface area (Å²) >= 11 is 0. The van der Waals surface area contributed by atoms with Crippen LogP contribution in [0.1, 0.15) is 41.9 Å². The molecule has 2 aromatic rings. The summed E-state index contributed by atoms with van der Waals surface area (Å²) in [5.41, 5.74) is 3.09. The second kappa shape index (κ2) is 7.95. The quantitative estimate of drug-likeness (QED) is 0.811. The van der Waals surface area contributed by atoms with Gasteiger partial charge in [-0.25, -0.2) is 4.39 Å². The molecule has 3 heterocycles. The van der Waals surface area contributed by atoms with Crippen molar-refractivity contribution in [3.8, 4) is 0 Å². The Kier molecular flexibility index (Phi) is 5.40. The number of amides is 1. The smallest absolute Gasteiger partial charge is 0.255 e. The van der Waals surface area contributed by atoms with E-state index >= 15 is 0 Å². The number of halogens is 1. The monoisotopic (exact) mass is 384 g/mol. The number of aryl methyl sites for hydroxylation is 1. The molecule has 0 bridgehead atoms. The second-order valence-electron chi connectivity index (χ2n) is 7.82. The molecule has 0 spiro atoms. The van der Waals surface area contributed by atoms with Gasteiger partial charge in [-0.2, -0.15) is 0 Å². The lowest BCUT2D eigenvalue weighted by Crippen LogP contribution is -2.48. The van der Waals surface area contributed by atoms with E-state index in [0.717, 1.165) is 69.1 Å². The fraction of sp³-hybridized carbons (Fsp3) is 0.500. The number of anilines is 1. The molecule has 1 unspecified atom stereocenters. The van der Waals surface area contributed by atoms with Crippen molar-refractivity contribution in [1.82, 2.24) is 14.4 Å². The van der Waals surface area contributed by atoms with Crippen LogP contribution in [-0.2, 0) is 7.05 Å². The Morgan fingerprint density at radius 2 is 1.75 bits per heavy atom. The Morgan fingerprint density at radius 3 is 2.43 bits per heavy atom. The van der Waals surface area contributed by atoms with Crippen LogP contribution in [0.3, 0.4) is 0 Å². The van der Waals surface area contributed by atoms with E-state index in [1.54, 1.807) is 0 Å². The molecule has 0 aliphatic carbocycles. The van der Waals surface area contributed by atoms with Crippen molar-refractivity contribution < 1.29 is 9.18 Å². The number of aromatic nitrogens is 1. The first-order chi connectivity index (χ1) is 13.6. The third-order valence-electron chi connectivity index (χ3n) is 6.07. The van der Waals surface area contributed by atoms with Gasteiger partial charge in [0, 0.05) is 63.9 Å². The van der Waals surface area contributed by atoms with E-state index in [1.807, 2.05) is 36.3 Å². The van der Waals surface area contributed by atoms with Crippen molar-refractivity contribution >= 4 is 11.6 Å². The number of carbonyl (C=O) groups is 1. The first-order valence-corrected chi connectivity index (χ1v) is 10.3. The summed E-state index contributed by atoms with van der Waals surface area (Å²) in [5.74, 6) is -0.0247. The zero-order valence-corrected chi connectivity index (χ0v) is 16.8. The van der Waals surface area contributed by atoms with Gasteiger partial charge in [-0.15, -0.1) is 0 Å². The average Bonchev–Trinajstić information content (AvgIpc) is 3.03. The lowest BCUT2D eigenvalue weighted by Gasteiger charge is -2.40. The van der Waals surface area contributed by atoms with Gasteiger partial charge >= 0.3 is 0 Å². The molecule has 1 saturated heterocycles. The number of benzene rings is 1. The Morgan fingerprint density at radius 1 is 1.04 bits per heavy atom. The molecular weight excluding hydrogens is 355 g/mol. The summed E-state index contributed by atoms with van der Waals surface area (Å²) in [6.45, 7) is 7.45. The van der Waals surface area contributed by atoms with Crippen LogP contribution in [-0.4, -0.2) is 59.5 Å². The Balaban J connectivity index is 1.51. The predicted octanol–water partition coefficient (Wildman–Crippen LogP) is 3.28. The van der Waals surface area contributed by atoms with Gasteiger partial charge in [0.15, 0.2) is 0 Å². The lowest BCUT2D eigenvalue weighted by molar-refractivity contribution is 0.0752. The molecule has 0 N–H and O–H groups in total. The van der Waals surface area contributed by atoms with E-state index < -0.39 is 0 Å². The molecule has 2 aliphatic rings. The third-order valence-corrected chi connectivity index (χ3v) is 6.07. The summed E-state index contributed by atoms with van der Waals surface area (Å²) in [5, 5.41) is 0. The number of rotatable bonds is 4. The topological polar surface area (TPSA) is 31.7 Å². The highest BCUT2D eigenvalue weighted by Gasteiger charge is 2.34. The molecule has 2 aliphatic heterocycles. The van der Waals surface area contributed by atoms with Gasteiger partial charge in [-0.05, 0) is 43.2 Å². The largest absolute Gasteiger partial charge is 0.369 e. The van der Waals surface area contributed by atoms with Gasteiger partial charge in [-0.1, -0.05) is 6.92 Å². The highest BCUT2D eigenvalue weighted by atomic mass is 19.1. The molecule has 0 radical (unpaired) electrons. The van der Waals surface area contributed by atoms with Crippen LogP contribution in [0.25, 0.3) is 0 Å². The number of hydrogen-bond acceptors (Lipinski definition) is 3. The number of fused-ring (bicyclic) bond motifs is 1. The minimum atomic E-state index is -0.196. The summed E-state index contributed by atoms with van der Waals surface area (Å²) in [6.07, 6.45) is 3.96. The Hall–Kier alpha value is -2.34. The molecule has 1 atom stereocenters. The van der Waals surface area contributed by atoms with Gasteiger partial charge in [0.05, 0.1) is 11.6 Å². The van der Waals surface area contributed by atoms with E-state index in [2.05, 4.69) is 21.3 Å². The molecule has 28 heavy (non-hydrogen) atoms. The van der Waals surface area contributed by atoms with Gasteiger partial charge < -0.3 is 14.4 Å². The lowest BCUT2D eigenvalue weighted by atomic mass is 10.0. The van der Waals surface area contributed by atoms with Crippen molar-refractivity contribution in [3.05, 3.63) is 53.6 Å². The highest BCUT2D eigenvalue weighted by molar-refractivity contribution is 5.96. The molecule has 1 fully saturated rings. The Labute approximate surface area is 166 Å². The van der Waals surface area contributed by atoms with Gasteiger partial charge in [-0.3, -0.25) is 9.69 Å². The molecule has 1 aromatic carbocycles. The first kappa shape index (κ1) is 19.0. The zero-order chi connectivity index (χ0) is 19.7. The van der Waals surface area contributed by atoms with Crippen LogP contribution in [0, 0.1) is 5.82 Å². The maximum atomic E-state index is 13.2. The zero-order valence-electron chi connectivity index (χ0n) is 16.8. The molecule has 0 saturated carbocycles. The number of carbonyl (C=O) groups excluding carboxylic acids is 1. The van der Waals surface area contributed by atoms with Crippen molar-refractivity contribution in [2.45, 2.75) is 25.8 Å².